The van der Waals surface area contributed by atoms with Gasteiger partial charge in [0.2, 0.25) is 5.91 Å². The van der Waals surface area contributed by atoms with Crippen LogP contribution in [0.25, 0.3) is 0 Å². The molecule has 0 radical (unpaired) electrons. The van der Waals surface area contributed by atoms with Crippen LogP contribution in [0.15, 0.2) is 22.2 Å². The van der Waals surface area contributed by atoms with Crippen LogP contribution in [-0.4, -0.2) is 22.0 Å². The summed E-state index contributed by atoms with van der Waals surface area (Å²) in [4.78, 5) is 26.2. The summed E-state index contributed by atoms with van der Waals surface area (Å²) in [6.07, 6.45) is 0.175. The molecule has 94 valence electrons. The van der Waals surface area contributed by atoms with E-state index in [1.54, 1.807) is 16.7 Å². The van der Waals surface area contributed by atoms with Crippen LogP contribution < -0.4 is 5.32 Å². The Hall–Kier alpha value is -1.73. The fourth-order valence-corrected chi connectivity index (χ4v) is 2.74. The maximum Gasteiger partial charge on any atom is 0.309 e. The van der Waals surface area contributed by atoms with E-state index in [4.69, 9.17) is 5.11 Å². The third-order valence-corrected chi connectivity index (χ3v) is 3.61. The Balaban J connectivity index is 1.91. The number of hydrogen-bond acceptors (Lipinski definition) is 5. The normalized spacial score (nSPS) is 10.2. The summed E-state index contributed by atoms with van der Waals surface area (Å²) in [5.74, 6) is -1.08. The second kappa shape index (κ2) is 5.74. The number of rotatable bonds is 5. The van der Waals surface area contributed by atoms with Gasteiger partial charge in [0.1, 0.15) is 0 Å². The third kappa shape index (κ3) is 3.64. The van der Waals surface area contributed by atoms with Crippen molar-refractivity contribution in [1.29, 1.82) is 0 Å². The van der Waals surface area contributed by atoms with E-state index in [0.717, 1.165) is 5.56 Å². The first-order valence-electron chi connectivity index (χ1n) is 5.10. The van der Waals surface area contributed by atoms with Gasteiger partial charge in [-0.15, -0.1) is 11.3 Å². The fraction of sp³-hybridized carbons (Fsp3) is 0.182. The van der Waals surface area contributed by atoms with E-state index < -0.39 is 5.97 Å². The van der Waals surface area contributed by atoms with Gasteiger partial charge < -0.3 is 10.4 Å². The molecule has 0 saturated carbocycles. The monoisotopic (exact) mass is 282 g/mol. The highest BCUT2D eigenvalue weighted by Gasteiger charge is 2.09. The van der Waals surface area contributed by atoms with E-state index in [-0.39, 0.29) is 12.3 Å². The van der Waals surface area contributed by atoms with E-state index >= 15 is 0 Å². The van der Waals surface area contributed by atoms with Crippen molar-refractivity contribution < 1.29 is 14.7 Å². The van der Waals surface area contributed by atoms with Gasteiger partial charge in [-0.2, -0.15) is 11.3 Å². The molecule has 2 rings (SSSR count). The van der Waals surface area contributed by atoms with Gasteiger partial charge in [0.25, 0.3) is 0 Å². The van der Waals surface area contributed by atoms with Gasteiger partial charge >= 0.3 is 5.97 Å². The number of thiophene rings is 1. The molecule has 0 aromatic carbocycles. The number of aromatic nitrogens is 1. The molecule has 2 N–H and O–H groups in total. The Bertz CT molecular complexity index is 548. The zero-order valence-corrected chi connectivity index (χ0v) is 10.9. The quantitative estimate of drug-likeness (QED) is 0.879. The Morgan fingerprint density at radius 2 is 2.17 bits per heavy atom. The molecule has 2 aromatic heterocycles. The molecule has 0 unspecified atom stereocenters. The van der Waals surface area contributed by atoms with E-state index in [1.165, 1.54) is 11.3 Å². The van der Waals surface area contributed by atoms with Gasteiger partial charge in [0, 0.05) is 5.38 Å². The molecule has 0 aliphatic rings. The molecule has 5 nitrogen and oxygen atoms in total. The smallest absolute Gasteiger partial charge is 0.309 e. The number of carbonyl (C=O) groups is 2. The lowest BCUT2D eigenvalue weighted by molar-refractivity contribution is -0.136. The van der Waals surface area contributed by atoms with Crippen molar-refractivity contribution >= 4 is 39.7 Å². The van der Waals surface area contributed by atoms with Crippen molar-refractivity contribution in [3.63, 3.8) is 0 Å². The van der Waals surface area contributed by atoms with Gasteiger partial charge in [-0.05, 0) is 22.4 Å². The molecule has 0 atom stereocenters. The van der Waals surface area contributed by atoms with Crippen molar-refractivity contribution in [2.24, 2.45) is 0 Å². The average Bonchev–Trinajstić information content (AvgIpc) is 2.89. The molecule has 18 heavy (non-hydrogen) atoms. The molecule has 2 heterocycles. The second-order valence-corrected chi connectivity index (χ2v) is 5.21. The Labute approximate surface area is 111 Å². The number of nitrogens with one attached hydrogen (secondary N) is 1. The first-order chi connectivity index (χ1) is 8.63. The van der Waals surface area contributed by atoms with E-state index in [9.17, 15) is 9.59 Å². The van der Waals surface area contributed by atoms with Crippen molar-refractivity contribution in [3.8, 4) is 0 Å². The number of nitrogens with zero attached hydrogens (tertiary/aromatic N) is 1. The number of carboxylic acid groups (broad SMARTS) is 1. The van der Waals surface area contributed by atoms with Crippen LogP contribution in [0.4, 0.5) is 5.13 Å². The van der Waals surface area contributed by atoms with Crippen LogP contribution in [0.1, 0.15) is 11.3 Å². The molecule has 0 fully saturated rings. The number of aliphatic carboxylic acids is 1. The summed E-state index contributed by atoms with van der Waals surface area (Å²) in [6, 6.07) is 1.89. The number of amides is 1. The standard InChI is InChI=1S/C11H10N2O3S2/c14-9(3-7-1-2-17-5-7)13-11-12-8(6-18-11)4-10(15)16/h1-2,5-6H,3-4H2,(H,15,16)(H,12,13,14). The van der Waals surface area contributed by atoms with Gasteiger partial charge in [0.05, 0.1) is 18.5 Å². The lowest BCUT2D eigenvalue weighted by atomic mass is 10.2. The Morgan fingerprint density at radius 1 is 1.33 bits per heavy atom. The van der Waals surface area contributed by atoms with Crippen molar-refractivity contribution in [2.75, 3.05) is 5.32 Å². The predicted molar refractivity (Wildman–Crippen MR) is 70.1 cm³/mol. The molecule has 1 amide bonds. The second-order valence-electron chi connectivity index (χ2n) is 3.57. The lowest BCUT2D eigenvalue weighted by Crippen LogP contribution is -2.14. The zero-order chi connectivity index (χ0) is 13.0. The Morgan fingerprint density at radius 3 is 2.83 bits per heavy atom. The average molecular weight is 282 g/mol. The first-order valence-corrected chi connectivity index (χ1v) is 6.93. The van der Waals surface area contributed by atoms with Crippen molar-refractivity contribution in [1.82, 2.24) is 4.98 Å². The maximum atomic E-state index is 11.7. The predicted octanol–water partition coefficient (Wildman–Crippen LogP) is 2.01. The number of hydrogen-bond donors (Lipinski definition) is 2. The zero-order valence-electron chi connectivity index (χ0n) is 9.25. The highest BCUT2D eigenvalue weighted by molar-refractivity contribution is 7.14. The maximum absolute atomic E-state index is 11.7. The number of carbonyl (C=O) groups excluding carboxylic acids is 1. The summed E-state index contributed by atoms with van der Waals surface area (Å²) in [7, 11) is 0. The van der Waals surface area contributed by atoms with Crippen LogP contribution in [0, 0.1) is 0 Å². The highest BCUT2D eigenvalue weighted by atomic mass is 32.1. The summed E-state index contributed by atoms with van der Waals surface area (Å²) in [6.45, 7) is 0. The minimum Gasteiger partial charge on any atom is -0.481 e. The van der Waals surface area contributed by atoms with Crippen LogP contribution >= 0.6 is 22.7 Å². The van der Waals surface area contributed by atoms with Crippen LogP contribution in [0.2, 0.25) is 0 Å². The summed E-state index contributed by atoms with van der Waals surface area (Å²) in [5, 5.41) is 17.2. The molecular weight excluding hydrogens is 272 g/mol. The molecule has 0 spiro atoms. The van der Waals surface area contributed by atoms with Gasteiger partial charge in [-0.1, -0.05) is 0 Å². The van der Waals surface area contributed by atoms with Crippen LogP contribution in [0.3, 0.4) is 0 Å². The van der Waals surface area contributed by atoms with E-state index in [0.29, 0.717) is 17.2 Å². The summed E-state index contributed by atoms with van der Waals surface area (Å²) >= 11 is 2.77. The summed E-state index contributed by atoms with van der Waals surface area (Å²) in [5.41, 5.74) is 1.41. The first kappa shape index (κ1) is 12.7. The van der Waals surface area contributed by atoms with E-state index in [2.05, 4.69) is 10.3 Å². The molecule has 7 heteroatoms. The van der Waals surface area contributed by atoms with Crippen molar-refractivity contribution in [2.45, 2.75) is 12.8 Å². The Kier molecular flexibility index (Phi) is 4.06. The van der Waals surface area contributed by atoms with Gasteiger partial charge in [-0.3, -0.25) is 9.59 Å². The molecule has 0 aliphatic heterocycles. The van der Waals surface area contributed by atoms with E-state index in [1.807, 2.05) is 16.8 Å². The van der Waals surface area contributed by atoms with Crippen LogP contribution in [0.5, 0.6) is 0 Å². The van der Waals surface area contributed by atoms with Crippen LogP contribution in [-0.2, 0) is 22.4 Å². The molecule has 0 saturated heterocycles. The number of thiazole rings is 1. The highest BCUT2D eigenvalue weighted by Crippen LogP contribution is 2.16. The minimum atomic E-state index is -0.934. The molecular formula is C11H10N2O3S2. The number of anilines is 1. The number of carboxylic acids is 1. The molecule has 0 aliphatic carbocycles. The van der Waals surface area contributed by atoms with Crippen molar-refractivity contribution in [3.05, 3.63) is 33.5 Å². The minimum absolute atomic E-state index is 0.128. The van der Waals surface area contributed by atoms with Gasteiger partial charge in [-0.25, -0.2) is 4.98 Å². The van der Waals surface area contributed by atoms with Gasteiger partial charge in [0.15, 0.2) is 5.13 Å². The topological polar surface area (TPSA) is 79.3 Å². The fourth-order valence-electron chi connectivity index (χ4n) is 1.34. The SMILES string of the molecule is O=C(O)Cc1csc(NC(=O)Cc2ccsc2)n1. The molecule has 0 bridgehead atoms. The largest absolute Gasteiger partial charge is 0.481 e. The summed E-state index contributed by atoms with van der Waals surface area (Å²) < 4.78 is 0. The molecule has 2 aromatic rings. The lowest BCUT2D eigenvalue weighted by Gasteiger charge is -1.99. The third-order valence-electron chi connectivity index (χ3n) is 2.08.